The summed E-state index contributed by atoms with van der Waals surface area (Å²) in [6, 6.07) is 16.1. The molecule has 1 N–H and O–H groups in total. The highest BCUT2D eigenvalue weighted by molar-refractivity contribution is 7.91. The smallest absolute Gasteiger partial charge is 0.150 e. The molecule has 0 atom stereocenters. The van der Waals surface area contributed by atoms with Crippen molar-refractivity contribution in [3.8, 4) is 11.3 Å². The summed E-state index contributed by atoms with van der Waals surface area (Å²) < 4.78 is 23.7. The first kappa shape index (κ1) is 24.6. The van der Waals surface area contributed by atoms with Crippen LogP contribution in [0.15, 0.2) is 48.7 Å². The van der Waals surface area contributed by atoms with Crippen molar-refractivity contribution >= 4 is 31.6 Å². The van der Waals surface area contributed by atoms with Crippen molar-refractivity contribution < 1.29 is 8.42 Å². The van der Waals surface area contributed by atoms with E-state index < -0.39 is 9.84 Å². The molecule has 6 heteroatoms. The quantitative estimate of drug-likeness (QED) is 0.334. The fourth-order valence-electron chi connectivity index (χ4n) is 6.67. The number of hydrogen-bond acceptors (Lipinski definition) is 4. The second kappa shape index (κ2) is 9.55. The van der Waals surface area contributed by atoms with Gasteiger partial charge in [0.25, 0.3) is 0 Å². The van der Waals surface area contributed by atoms with Crippen molar-refractivity contribution in [3.05, 3.63) is 65.4 Å². The fraction of sp³-hybridized carbons (Fsp3) is 0.452. The van der Waals surface area contributed by atoms with E-state index in [1.165, 1.54) is 44.2 Å². The molecule has 2 fully saturated rings. The molecule has 2 saturated heterocycles. The Bertz CT molecular complexity index is 1550. The molecule has 2 aromatic carbocycles. The number of sulfone groups is 1. The van der Waals surface area contributed by atoms with Crippen molar-refractivity contribution in [1.82, 2.24) is 14.9 Å². The molecule has 0 bridgehead atoms. The molecule has 0 saturated carbocycles. The third kappa shape index (κ3) is 4.70. The standard InChI is InChI=1S/C31H37N3O2S/c1-20(2)29-27-19-23(22-8-13-34(14-9-22)26-10-15-37(35,36)16-11-26)6-7-28(27)33-31(29)25-17-21(3)30-24(18-25)5-4-12-32-30/h4-7,12,17-20,22,26,33H,8-11,13-16H2,1-3H3. The first-order valence-electron chi connectivity index (χ1n) is 13.7. The third-order valence-corrected chi connectivity index (χ3v) is 10.4. The van der Waals surface area contributed by atoms with Gasteiger partial charge in [-0.2, -0.15) is 0 Å². The zero-order valence-corrected chi connectivity index (χ0v) is 22.9. The number of aromatic amines is 1. The van der Waals surface area contributed by atoms with E-state index in [1.807, 2.05) is 12.3 Å². The summed E-state index contributed by atoms with van der Waals surface area (Å²) in [5, 5.41) is 2.51. The van der Waals surface area contributed by atoms with E-state index in [2.05, 4.69) is 72.0 Å². The lowest BCUT2D eigenvalue weighted by molar-refractivity contribution is 0.142. The Balaban J connectivity index is 1.28. The molecular formula is C31H37N3O2S. The number of piperidine rings is 1. The first-order chi connectivity index (χ1) is 17.8. The summed E-state index contributed by atoms with van der Waals surface area (Å²) in [6.07, 6.45) is 5.74. The average molecular weight is 516 g/mol. The van der Waals surface area contributed by atoms with Gasteiger partial charge in [0, 0.05) is 34.2 Å². The molecule has 37 heavy (non-hydrogen) atoms. The summed E-state index contributed by atoms with van der Waals surface area (Å²) in [5.74, 6) is 1.67. The van der Waals surface area contributed by atoms with Gasteiger partial charge < -0.3 is 9.88 Å². The molecule has 2 aromatic heterocycles. The Kier molecular flexibility index (Phi) is 6.36. The van der Waals surface area contributed by atoms with Crippen LogP contribution < -0.4 is 0 Å². The minimum absolute atomic E-state index is 0.356. The lowest BCUT2D eigenvalue weighted by Crippen LogP contribution is -2.44. The number of aromatic nitrogens is 2. The van der Waals surface area contributed by atoms with E-state index >= 15 is 0 Å². The van der Waals surface area contributed by atoms with Gasteiger partial charge >= 0.3 is 0 Å². The zero-order chi connectivity index (χ0) is 25.7. The normalized spacial score (nSPS) is 19.8. The highest BCUT2D eigenvalue weighted by Gasteiger charge is 2.31. The SMILES string of the molecule is Cc1cc(-c2[nH]c3ccc(C4CCN(C5CCS(=O)(=O)CC5)CC4)cc3c2C(C)C)cc2cccnc12. The van der Waals surface area contributed by atoms with Crippen LogP contribution in [0.4, 0.5) is 0 Å². The summed E-state index contributed by atoms with van der Waals surface area (Å²) in [5.41, 5.74) is 8.74. The Morgan fingerprint density at radius 3 is 2.49 bits per heavy atom. The molecule has 0 spiro atoms. The van der Waals surface area contributed by atoms with Crippen LogP contribution in [-0.4, -0.2) is 53.9 Å². The van der Waals surface area contributed by atoms with E-state index in [0.29, 0.717) is 29.4 Å². The van der Waals surface area contributed by atoms with Crippen molar-refractivity contribution in [2.45, 2.75) is 64.3 Å². The second-order valence-electron chi connectivity index (χ2n) is 11.4. The van der Waals surface area contributed by atoms with Crippen molar-refractivity contribution in [1.29, 1.82) is 0 Å². The predicted molar refractivity (Wildman–Crippen MR) is 153 cm³/mol. The largest absolute Gasteiger partial charge is 0.354 e. The van der Waals surface area contributed by atoms with E-state index in [0.717, 1.165) is 44.3 Å². The van der Waals surface area contributed by atoms with Crippen LogP contribution in [0.2, 0.25) is 0 Å². The molecule has 0 radical (unpaired) electrons. The van der Waals surface area contributed by atoms with Crippen LogP contribution in [0.3, 0.4) is 0 Å². The summed E-state index contributed by atoms with van der Waals surface area (Å²) in [6.45, 7) is 8.85. The Labute approximate surface area is 220 Å². The van der Waals surface area contributed by atoms with Crippen LogP contribution in [0.5, 0.6) is 0 Å². The van der Waals surface area contributed by atoms with E-state index in [-0.39, 0.29) is 0 Å². The topological polar surface area (TPSA) is 66.1 Å². The molecule has 4 heterocycles. The highest BCUT2D eigenvalue weighted by Crippen LogP contribution is 2.39. The van der Waals surface area contributed by atoms with Gasteiger partial charge in [0.15, 0.2) is 0 Å². The van der Waals surface area contributed by atoms with Gasteiger partial charge in [0.2, 0.25) is 0 Å². The highest BCUT2D eigenvalue weighted by atomic mass is 32.2. The van der Waals surface area contributed by atoms with Gasteiger partial charge in [0.1, 0.15) is 9.84 Å². The minimum atomic E-state index is -2.80. The maximum absolute atomic E-state index is 11.8. The summed E-state index contributed by atoms with van der Waals surface area (Å²) in [4.78, 5) is 10.9. The summed E-state index contributed by atoms with van der Waals surface area (Å²) in [7, 11) is -2.80. The number of nitrogens with zero attached hydrogens (tertiary/aromatic N) is 2. The third-order valence-electron chi connectivity index (χ3n) is 8.67. The average Bonchev–Trinajstić information content (AvgIpc) is 3.28. The lowest BCUT2D eigenvalue weighted by atomic mass is 9.86. The molecule has 194 valence electrons. The second-order valence-corrected chi connectivity index (χ2v) is 13.7. The van der Waals surface area contributed by atoms with Gasteiger partial charge in [-0.15, -0.1) is 0 Å². The van der Waals surface area contributed by atoms with Crippen LogP contribution in [0, 0.1) is 6.92 Å². The molecule has 0 unspecified atom stereocenters. The van der Waals surface area contributed by atoms with Crippen LogP contribution >= 0.6 is 0 Å². The minimum Gasteiger partial charge on any atom is -0.354 e. The number of aryl methyl sites for hydroxylation is 1. The first-order valence-corrected chi connectivity index (χ1v) is 15.6. The molecule has 2 aliphatic heterocycles. The Morgan fingerprint density at radius 1 is 1.00 bits per heavy atom. The number of H-pyrrole nitrogens is 1. The maximum Gasteiger partial charge on any atom is 0.150 e. The summed E-state index contributed by atoms with van der Waals surface area (Å²) >= 11 is 0. The number of fused-ring (bicyclic) bond motifs is 2. The van der Waals surface area contributed by atoms with E-state index in [9.17, 15) is 8.42 Å². The number of pyridine rings is 1. The molecule has 0 amide bonds. The van der Waals surface area contributed by atoms with Gasteiger partial charge in [-0.1, -0.05) is 26.0 Å². The van der Waals surface area contributed by atoms with Gasteiger partial charge in [-0.25, -0.2) is 8.42 Å². The number of nitrogens with one attached hydrogen (secondary N) is 1. The van der Waals surface area contributed by atoms with Gasteiger partial charge in [-0.05, 0) is 110 Å². The fourth-order valence-corrected chi connectivity index (χ4v) is 8.14. The van der Waals surface area contributed by atoms with Crippen molar-refractivity contribution in [2.75, 3.05) is 24.6 Å². The van der Waals surface area contributed by atoms with Crippen LogP contribution in [0.25, 0.3) is 33.1 Å². The maximum atomic E-state index is 11.8. The van der Waals surface area contributed by atoms with Crippen molar-refractivity contribution in [2.24, 2.45) is 0 Å². The zero-order valence-electron chi connectivity index (χ0n) is 22.1. The number of benzene rings is 2. The van der Waals surface area contributed by atoms with E-state index in [1.54, 1.807) is 0 Å². The number of likely N-dealkylation sites (tertiary alicyclic amines) is 1. The molecule has 5 nitrogen and oxygen atoms in total. The lowest BCUT2D eigenvalue weighted by Gasteiger charge is -2.39. The monoisotopic (exact) mass is 515 g/mol. The number of hydrogen-bond donors (Lipinski definition) is 1. The number of rotatable bonds is 4. The van der Waals surface area contributed by atoms with E-state index in [4.69, 9.17) is 0 Å². The Morgan fingerprint density at radius 2 is 1.76 bits per heavy atom. The molecule has 0 aliphatic carbocycles. The van der Waals surface area contributed by atoms with Crippen LogP contribution in [-0.2, 0) is 9.84 Å². The molecule has 4 aromatic rings. The Hall–Kier alpha value is -2.70. The van der Waals surface area contributed by atoms with Crippen LogP contribution in [0.1, 0.15) is 68.1 Å². The molecular weight excluding hydrogens is 478 g/mol. The predicted octanol–water partition coefficient (Wildman–Crippen LogP) is 6.57. The van der Waals surface area contributed by atoms with Gasteiger partial charge in [0.05, 0.1) is 17.0 Å². The molecule has 6 rings (SSSR count). The van der Waals surface area contributed by atoms with Gasteiger partial charge in [-0.3, -0.25) is 4.98 Å². The van der Waals surface area contributed by atoms with Crippen molar-refractivity contribution in [3.63, 3.8) is 0 Å². The molecule has 2 aliphatic rings.